The Bertz CT molecular complexity index is 561. The van der Waals surface area contributed by atoms with E-state index in [1.807, 2.05) is 14.0 Å². The Labute approximate surface area is 127 Å². The molecule has 2 rings (SSSR count). The first-order chi connectivity index (χ1) is 9.90. The van der Waals surface area contributed by atoms with Gasteiger partial charge in [0.2, 0.25) is 10.0 Å². The van der Waals surface area contributed by atoms with Crippen LogP contribution >= 0.6 is 0 Å². The second-order valence-electron chi connectivity index (χ2n) is 5.69. The maximum absolute atomic E-state index is 12.7. The second kappa shape index (κ2) is 6.48. The molecule has 21 heavy (non-hydrogen) atoms. The molecule has 1 N–H and O–H groups in total. The number of aliphatic hydroxyl groups is 1. The standard InChI is InChI=1S/C14H25N3O3S/c1-4-17-10-14(8-13(17)11-18)21(19,20)16(3)12-6-5-7-15(2)9-12/h8,10,12,18H,4-7,9,11H2,1-3H3. The van der Waals surface area contributed by atoms with Crippen LogP contribution in [-0.4, -0.2) is 60.5 Å². The smallest absolute Gasteiger partial charge is 0.244 e. The third kappa shape index (κ3) is 3.31. The first-order valence-electron chi connectivity index (χ1n) is 7.36. The van der Waals surface area contributed by atoms with Gasteiger partial charge in [0.05, 0.1) is 6.61 Å². The van der Waals surface area contributed by atoms with Crippen molar-refractivity contribution in [1.29, 1.82) is 0 Å². The lowest BCUT2D eigenvalue weighted by atomic mass is 10.1. The van der Waals surface area contributed by atoms with Gasteiger partial charge in [-0.1, -0.05) is 0 Å². The Morgan fingerprint density at radius 1 is 1.48 bits per heavy atom. The normalized spacial score (nSPS) is 21.1. The summed E-state index contributed by atoms with van der Waals surface area (Å²) in [6.07, 6.45) is 3.52. The van der Waals surface area contributed by atoms with Gasteiger partial charge in [0, 0.05) is 38.1 Å². The van der Waals surface area contributed by atoms with E-state index in [2.05, 4.69) is 4.90 Å². The maximum atomic E-state index is 12.7. The Morgan fingerprint density at radius 2 is 2.19 bits per heavy atom. The SMILES string of the molecule is CCn1cc(S(=O)(=O)N(C)C2CCCN(C)C2)cc1CO. The maximum Gasteiger partial charge on any atom is 0.244 e. The molecule has 0 aromatic carbocycles. The van der Waals surface area contributed by atoms with Crippen LogP contribution in [0.3, 0.4) is 0 Å². The van der Waals surface area contributed by atoms with E-state index in [9.17, 15) is 13.5 Å². The minimum Gasteiger partial charge on any atom is -0.390 e. The van der Waals surface area contributed by atoms with Gasteiger partial charge >= 0.3 is 0 Å². The molecule has 1 aliphatic heterocycles. The molecule has 0 amide bonds. The highest BCUT2D eigenvalue weighted by atomic mass is 32.2. The monoisotopic (exact) mass is 315 g/mol. The molecule has 1 aromatic heterocycles. The van der Waals surface area contributed by atoms with Gasteiger partial charge in [-0.15, -0.1) is 0 Å². The van der Waals surface area contributed by atoms with Crippen molar-refractivity contribution in [3.8, 4) is 0 Å². The van der Waals surface area contributed by atoms with Gasteiger partial charge in [0.25, 0.3) is 0 Å². The zero-order valence-electron chi connectivity index (χ0n) is 13.0. The number of aliphatic hydroxyl groups excluding tert-OH is 1. The van der Waals surface area contributed by atoms with Crippen molar-refractivity contribution >= 4 is 10.0 Å². The van der Waals surface area contributed by atoms with Gasteiger partial charge in [-0.3, -0.25) is 0 Å². The molecule has 2 heterocycles. The molecular weight excluding hydrogens is 290 g/mol. The third-order valence-electron chi connectivity index (χ3n) is 4.25. The zero-order valence-corrected chi connectivity index (χ0v) is 13.8. The number of hydrogen-bond donors (Lipinski definition) is 1. The number of nitrogens with zero attached hydrogens (tertiary/aromatic N) is 3. The Hall–Kier alpha value is -0.890. The van der Waals surface area contributed by atoms with Crippen molar-refractivity contribution in [3.05, 3.63) is 18.0 Å². The van der Waals surface area contributed by atoms with Crippen LogP contribution in [-0.2, 0) is 23.2 Å². The number of likely N-dealkylation sites (N-methyl/N-ethyl adjacent to an activating group) is 2. The van der Waals surface area contributed by atoms with E-state index in [0.717, 1.165) is 25.9 Å². The number of hydrogen-bond acceptors (Lipinski definition) is 4. The molecule has 120 valence electrons. The summed E-state index contributed by atoms with van der Waals surface area (Å²) in [5.41, 5.74) is 0.630. The molecule has 0 bridgehead atoms. The lowest BCUT2D eigenvalue weighted by Crippen LogP contribution is -2.47. The lowest BCUT2D eigenvalue weighted by Gasteiger charge is -2.34. The van der Waals surface area contributed by atoms with Crippen LogP contribution in [0, 0.1) is 0 Å². The molecule has 7 heteroatoms. The molecule has 1 saturated heterocycles. The molecule has 1 aliphatic rings. The molecule has 6 nitrogen and oxygen atoms in total. The minimum absolute atomic E-state index is 0.0105. The van der Waals surface area contributed by atoms with Crippen molar-refractivity contribution in [2.45, 2.75) is 43.9 Å². The van der Waals surface area contributed by atoms with Crippen LogP contribution < -0.4 is 0 Å². The number of sulfonamides is 1. The summed E-state index contributed by atoms with van der Waals surface area (Å²) in [4.78, 5) is 2.43. The van der Waals surface area contributed by atoms with Crippen molar-refractivity contribution < 1.29 is 13.5 Å². The fourth-order valence-corrected chi connectivity index (χ4v) is 4.33. The van der Waals surface area contributed by atoms with Gasteiger partial charge < -0.3 is 14.6 Å². The molecular formula is C14H25N3O3S. The van der Waals surface area contributed by atoms with Crippen LogP contribution in [0.1, 0.15) is 25.5 Å². The molecule has 1 unspecified atom stereocenters. The van der Waals surface area contributed by atoms with Crippen LogP contribution in [0.4, 0.5) is 0 Å². The van der Waals surface area contributed by atoms with Gasteiger partial charge in [-0.2, -0.15) is 4.31 Å². The molecule has 1 atom stereocenters. The van der Waals surface area contributed by atoms with E-state index in [-0.39, 0.29) is 17.5 Å². The van der Waals surface area contributed by atoms with E-state index in [4.69, 9.17) is 0 Å². The summed E-state index contributed by atoms with van der Waals surface area (Å²) in [5.74, 6) is 0. The number of piperidine rings is 1. The average Bonchev–Trinajstić information content (AvgIpc) is 2.90. The molecule has 0 aliphatic carbocycles. The zero-order chi connectivity index (χ0) is 15.6. The summed E-state index contributed by atoms with van der Waals surface area (Å²) >= 11 is 0. The van der Waals surface area contributed by atoms with Crippen molar-refractivity contribution in [2.24, 2.45) is 0 Å². The van der Waals surface area contributed by atoms with Gasteiger partial charge in [-0.05, 0) is 39.4 Å². The minimum atomic E-state index is -3.51. The highest BCUT2D eigenvalue weighted by Crippen LogP contribution is 2.23. The quantitative estimate of drug-likeness (QED) is 0.869. The first kappa shape index (κ1) is 16.5. The number of likely N-dealkylation sites (tertiary alicyclic amines) is 1. The Morgan fingerprint density at radius 3 is 2.71 bits per heavy atom. The lowest BCUT2D eigenvalue weighted by molar-refractivity contribution is 0.187. The fraction of sp³-hybridized carbons (Fsp3) is 0.714. The van der Waals surface area contributed by atoms with Crippen molar-refractivity contribution in [2.75, 3.05) is 27.2 Å². The predicted molar refractivity (Wildman–Crippen MR) is 81.5 cm³/mol. The summed E-state index contributed by atoms with van der Waals surface area (Å²) in [5, 5.41) is 9.31. The van der Waals surface area contributed by atoms with Crippen LogP contribution in [0.2, 0.25) is 0 Å². The largest absolute Gasteiger partial charge is 0.390 e. The van der Waals surface area contributed by atoms with E-state index in [1.54, 1.807) is 23.9 Å². The molecule has 1 fully saturated rings. The predicted octanol–water partition coefficient (Wildman–Crippen LogP) is 0.715. The van der Waals surface area contributed by atoms with Crippen molar-refractivity contribution in [3.63, 3.8) is 0 Å². The van der Waals surface area contributed by atoms with Gasteiger partial charge in [0.1, 0.15) is 4.90 Å². The third-order valence-corrected chi connectivity index (χ3v) is 6.13. The highest BCUT2D eigenvalue weighted by molar-refractivity contribution is 7.89. The Balaban J connectivity index is 2.26. The first-order valence-corrected chi connectivity index (χ1v) is 8.80. The van der Waals surface area contributed by atoms with Crippen molar-refractivity contribution in [1.82, 2.24) is 13.8 Å². The summed E-state index contributed by atoms with van der Waals surface area (Å²) < 4.78 is 28.8. The summed E-state index contributed by atoms with van der Waals surface area (Å²) in [6.45, 7) is 4.19. The van der Waals surface area contributed by atoms with Crippen LogP contribution in [0.15, 0.2) is 17.2 Å². The van der Waals surface area contributed by atoms with Crippen LogP contribution in [0.5, 0.6) is 0 Å². The second-order valence-corrected chi connectivity index (χ2v) is 7.69. The molecule has 0 saturated carbocycles. The van der Waals surface area contributed by atoms with E-state index >= 15 is 0 Å². The number of aromatic nitrogens is 1. The van der Waals surface area contributed by atoms with E-state index < -0.39 is 10.0 Å². The topological polar surface area (TPSA) is 65.8 Å². The number of aryl methyl sites for hydroxylation is 1. The summed E-state index contributed by atoms with van der Waals surface area (Å²) in [7, 11) is 0.163. The Kier molecular flexibility index (Phi) is 5.08. The highest BCUT2D eigenvalue weighted by Gasteiger charge is 2.31. The molecule has 1 aromatic rings. The van der Waals surface area contributed by atoms with E-state index in [0.29, 0.717) is 12.2 Å². The fourth-order valence-electron chi connectivity index (χ4n) is 2.89. The van der Waals surface area contributed by atoms with Crippen LogP contribution in [0.25, 0.3) is 0 Å². The van der Waals surface area contributed by atoms with Gasteiger partial charge in [-0.25, -0.2) is 8.42 Å². The van der Waals surface area contributed by atoms with E-state index in [1.165, 1.54) is 4.31 Å². The average molecular weight is 315 g/mol. The summed E-state index contributed by atoms with van der Waals surface area (Å²) in [6, 6.07) is 1.58. The van der Waals surface area contributed by atoms with Gasteiger partial charge in [0.15, 0.2) is 0 Å². The number of rotatable bonds is 5. The molecule has 0 spiro atoms. The molecule has 0 radical (unpaired) electrons.